The minimum atomic E-state index is -0.151. The summed E-state index contributed by atoms with van der Waals surface area (Å²) in [6.07, 6.45) is 2.90. The molecule has 0 aliphatic rings. The van der Waals surface area contributed by atoms with E-state index in [1.807, 2.05) is 25.2 Å². The fraction of sp³-hybridized carbons (Fsp3) is 0.625. The summed E-state index contributed by atoms with van der Waals surface area (Å²) in [5.41, 5.74) is 0.951. The Bertz CT molecular complexity index is 384. The van der Waals surface area contributed by atoms with Crippen molar-refractivity contribution in [2.45, 2.75) is 31.7 Å². The van der Waals surface area contributed by atoms with Crippen LogP contribution in [0.25, 0.3) is 0 Å². The third kappa shape index (κ3) is 4.12. The number of anilines is 1. The highest BCUT2D eigenvalue weighted by Crippen LogP contribution is 2.27. The predicted octanol–water partition coefficient (Wildman–Crippen LogP) is 2.27. The van der Waals surface area contributed by atoms with Gasteiger partial charge in [0.25, 0.3) is 0 Å². The van der Waals surface area contributed by atoms with E-state index in [9.17, 15) is 5.11 Å². The molecule has 1 aromatic rings. The van der Waals surface area contributed by atoms with Crippen LogP contribution in [0.3, 0.4) is 0 Å². The first-order valence-corrected chi connectivity index (χ1v) is 7.26. The zero-order chi connectivity index (χ0) is 15.0. The second-order valence-corrected chi connectivity index (χ2v) is 5.24. The zero-order valence-corrected chi connectivity index (χ0v) is 13.1. The van der Waals surface area contributed by atoms with Gasteiger partial charge in [0, 0.05) is 19.1 Å². The zero-order valence-electron chi connectivity index (χ0n) is 13.1. The van der Waals surface area contributed by atoms with Crippen molar-refractivity contribution in [3.8, 4) is 5.75 Å². The summed E-state index contributed by atoms with van der Waals surface area (Å²) in [6, 6.07) is 8.04. The maximum Gasteiger partial charge on any atom is 0.142 e. The lowest BCUT2D eigenvalue weighted by Gasteiger charge is -2.31. The van der Waals surface area contributed by atoms with Crippen molar-refractivity contribution in [1.82, 2.24) is 5.32 Å². The molecule has 1 aromatic carbocycles. The molecule has 4 heteroatoms. The first-order chi connectivity index (χ1) is 9.62. The Balaban J connectivity index is 2.57. The van der Waals surface area contributed by atoms with Crippen molar-refractivity contribution in [2.24, 2.45) is 0 Å². The second kappa shape index (κ2) is 8.12. The Hall–Kier alpha value is -1.26. The van der Waals surface area contributed by atoms with Gasteiger partial charge < -0.3 is 20.1 Å². The Labute approximate surface area is 122 Å². The van der Waals surface area contributed by atoms with Gasteiger partial charge in [-0.2, -0.15) is 0 Å². The van der Waals surface area contributed by atoms with Gasteiger partial charge in [-0.1, -0.05) is 19.1 Å². The summed E-state index contributed by atoms with van der Waals surface area (Å²) in [5.74, 6) is 0.896. The Morgan fingerprint density at radius 1 is 1.35 bits per heavy atom. The van der Waals surface area contributed by atoms with Gasteiger partial charge in [-0.25, -0.2) is 0 Å². The number of rotatable bonds is 9. The fourth-order valence-electron chi connectivity index (χ4n) is 2.47. The van der Waals surface area contributed by atoms with Crippen LogP contribution in [0.4, 0.5) is 5.69 Å². The summed E-state index contributed by atoms with van der Waals surface area (Å²) >= 11 is 0. The summed E-state index contributed by atoms with van der Waals surface area (Å²) in [7, 11) is 5.69. The molecular weight excluding hydrogens is 252 g/mol. The van der Waals surface area contributed by atoms with Crippen molar-refractivity contribution in [3.63, 3.8) is 0 Å². The molecule has 1 unspecified atom stereocenters. The van der Waals surface area contributed by atoms with Crippen molar-refractivity contribution in [2.75, 3.05) is 39.3 Å². The van der Waals surface area contributed by atoms with Crippen LogP contribution in [-0.2, 0) is 0 Å². The van der Waals surface area contributed by atoms with Crippen LogP contribution < -0.4 is 15.0 Å². The molecule has 0 aromatic heterocycles. The van der Waals surface area contributed by atoms with Crippen LogP contribution in [0.1, 0.15) is 26.2 Å². The number of nitrogens with zero attached hydrogens (tertiary/aromatic N) is 1. The smallest absolute Gasteiger partial charge is 0.142 e. The molecule has 0 amide bonds. The van der Waals surface area contributed by atoms with Gasteiger partial charge in [0.1, 0.15) is 5.75 Å². The number of aliphatic hydroxyl groups excluding tert-OH is 1. The van der Waals surface area contributed by atoms with Crippen LogP contribution in [0.2, 0.25) is 0 Å². The number of nitrogens with one attached hydrogen (secondary N) is 1. The molecule has 1 rings (SSSR count). The van der Waals surface area contributed by atoms with Gasteiger partial charge in [-0.15, -0.1) is 0 Å². The highest BCUT2D eigenvalue weighted by Gasteiger charge is 2.24. The number of methoxy groups -OCH3 is 1. The monoisotopic (exact) mass is 280 g/mol. The summed E-state index contributed by atoms with van der Waals surface area (Å²) in [6.45, 7) is 3.22. The number of aliphatic hydroxyl groups is 1. The van der Waals surface area contributed by atoms with Crippen molar-refractivity contribution >= 4 is 5.69 Å². The molecular formula is C16H28N2O2. The highest BCUT2D eigenvalue weighted by molar-refractivity contribution is 5.57. The van der Waals surface area contributed by atoms with Gasteiger partial charge in [0.2, 0.25) is 0 Å². The van der Waals surface area contributed by atoms with Crippen LogP contribution in [0.15, 0.2) is 24.3 Å². The first-order valence-electron chi connectivity index (χ1n) is 7.26. The van der Waals surface area contributed by atoms with Crippen LogP contribution in [0.5, 0.6) is 5.75 Å². The Kier molecular flexibility index (Phi) is 6.82. The normalized spacial score (nSPS) is 13.8. The van der Waals surface area contributed by atoms with Gasteiger partial charge in [-0.05, 0) is 38.4 Å². The van der Waals surface area contributed by atoms with Crippen molar-refractivity contribution in [3.05, 3.63) is 24.3 Å². The minimum absolute atomic E-state index is 0.151. The third-order valence-corrected chi connectivity index (χ3v) is 4.16. The quantitative estimate of drug-likeness (QED) is 0.728. The standard InChI is InChI=1S/C16H28N2O2/c1-5-16(13-19,17-2)11-8-12-18(3)14-9-6-7-10-15(14)20-4/h6-7,9-10,17,19H,5,8,11-13H2,1-4H3. The molecule has 114 valence electrons. The second-order valence-electron chi connectivity index (χ2n) is 5.24. The largest absolute Gasteiger partial charge is 0.495 e. The fourth-order valence-corrected chi connectivity index (χ4v) is 2.47. The van der Waals surface area contributed by atoms with E-state index >= 15 is 0 Å². The molecule has 0 saturated heterocycles. The third-order valence-electron chi connectivity index (χ3n) is 4.16. The topological polar surface area (TPSA) is 44.7 Å². The van der Waals surface area contributed by atoms with E-state index < -0.39 is 0 Å². The van der Waals surface area contributed by atoms with Gasteiger partial charge in [0.15, 0.2) is 0 Å². The average molecular weight is 280 g/mol. The Morgan fingerprint density at radius 2 is 2.05 bits per heavy atom. The molecule has 20 heavy (non-hydrogen) atoms. The summed E-state index contributed by atoms with van der Waals surface area (Å²) < 4.78 is 5.38. The van der Waals surface area contributed by atoms with Crippen LogP contribution in [-0.4, -0.2) is 45.0 Å². The van der Waals surface area contributed by atoms with E-state index in [1.54, 1.807) is 7.11 Å². The molecule has 0 bridgehead atoms. The van der Waals surface area contributed by atoms with Crippen LogP contribution in [0, 0.1) is 0 Å². The molecule has 0 saturated carbocycles. The molecule has 0 aliphatic carbocycles. The average Bonchev–Trinajstić information content (AvgIpc) is 2.51. The summed E-state index contributed by atoms with van der Waals surface area (Å²) in [4.78, 5) is 2.20. The molecule has 0 radical (unpaired) electrons. The maximum atomic E-state index is 9.54. The number of likely N-dealkylation sites (N-methyl/N-ethyl adjacent to an activating group) is 1. The van der Waals surface area contributed by atoms with E-state index in [1.165, 1.54) is 0 Å². The van der Waals surface area contributed by atoms with E-state index in [-0.39, 0.29) is 12.1 Å². The number of ether oxygens (including phenoxy) is 1. The number of benzene rings is 1. The van der Waals surface area contributed by atoms with E-state index in [0.717, 1.165) is 37.2 Å². The molecule has 0 spiro atoms. The lowest BCUT2D eigenvalue weighted by atomic mass is 9.91. The first kappa shape index (κ1) is 16.8. The van der Waals surface area contributed by atoms with Crippen molar-refractivity contribution in [1.29, 1.82) is 0 Å². The minimum Gasteiger partial charge on any atom is -0.495 e. The Morgan fingerprint density at radius 3 is 2.60 bits per heavy atom. The maximum absolute atomic E-state index is 9.54. The molecule has 0 heterocycles. The highest BCUT2D eigenvalue weighted by atomic mass is 16.5. The predicted molar refractivity (Wildman–Crippen MR) is 84.7 cm³/mol. The van der Waals surface area contributed by atoms with E-state index in [4.69, 9.17) is 4.74 Å². The molecule has 1 atom stereocenters. The summed E-state index contributed by atoms with van der Waals surface area (Å²) in [5, 5.41) is 12.8. The SMILES string of the molecule is CCC(CO)(CCCN(C)c1ccccc1OC)NC. The molecule has 4 nitrogen and oxygen atoms in total. The number of hydrogen-bond donors (Lipinski definition) is 2. The van der Waals surface area contributed by atoms with E-state index in [2.05, 4.69) is 30.3 Å². The van der Waals surface area contributed by atoms with Crippen LogP contribution >= 0.6 is 0 Å². The number of para-hydroxylation sites is 2. The lowest BCUT2D eigenvalue weighted by molar-refractivity contribution is 0.153. The lowest BCUT2D eigenvalue weighted by Crippen LogP contribution is -2.46. The number of hydrogen-bond acceptors (Lipinski definition) is 4. The van der Waals surface area contributed by atoms with E-state index in [0.29, 0.717) is 0 Å². The van der Waals surface area contributed by atoms with Gasteiger partial charge in [0.05, 0.1) is 19.4 Å². The van der Waals surface area contributed by atoms with Gasteiger partial charge >= 0.3 is 0 Å². The molecule has 0 fully saturated rings. The van der Waals surface area contributed by atoms with Gasteiger partial charge in [-0.3, -0.25) is 0 Å². The van der Waals surface area contributed by atoms with Crippen molar-refractivity contribution < 1.29 is 9.84 Å². The molecule has 0 aliphatic heterocycles. The molecule has 2 N–H and O–H groups in total.